The second kappa shape index (κ2) is 9.05. The number of hydrogen-bond acceptors (Lipinski definition) is 2. The molecule has 0 fully saturated rings. The van der Waals surface area contributed by atoms with Crippen molar-refractivity contribution in [3.05, 3.63) is 0 Å². The molecule has 0 aliphatic heterocycles. The van der Waals surface area contributed by atoms with Gasteiger partial charge < -0.3 is 4.74 Å². The highest BCUT2D eigenvalue weighted by molar-refractivity contribution is 6.17. The molecule has 0 saturated heterocycles. The number of alkyl halides is 1. The zero-order chi connectivity index (χ0) is 7.11. The van der Waals surface area contributed by atoms with Gasteiger partial charge in [0.15, 0.2) is 5.90 Å². The van der Waals surface area contributed by atoms with Crippen molar-refractivity contribution in [1.29, 1.82) is 5.41 Å². The van der Waals surface area contributed by atoms with Crippen LogP contribution in [0, 0.1) is 5.41 Å². The third kappa shape index (κ3) is 8.05. The Labute approximate surface area is 72.8 Å². The molecule has 1 N–H and O–H groups in total. The maximum atomic E-state index is 7.05. The van der Waals surface area contributed by atoms with E-state index in [0.717, 1.165) is 12.8 Å². The van der Waals surface area contributed by atoms with E-state index < -0.39 is 0 Å². The number of unbranched alkanes of at least 4 members (excludes halogenated alkanes) is 1. The minimum absolute atomic E-state index is 0. The molecule has 0 aromatic heterocycles. The molecule has 0 spiro atoms. The van der Waals surface area contributed by atoms with Crippen molar-refractivity contribution < 1.29 is 4.74 Å². The quantitative estimate of drug-likeness (QED) is 0.311. The summed E-state index contributed by atoms with van der Waals surface area (Å²) in [6.45, 7) is 0. The van der Waals surface area contributed by atoms with Crippen LogP contribution in [0.1, 0.15) is 19.3 Å². The van der Waals surface area contributed by atoms with Crippen LogP contribution in [0.25, 0.3) is 0 Å². The van der Waals surface area contributed by atoms with Crippen molar-refractivity contribution in [2.75, 3.05) is 13.0 Å². The first kappa shape index (κ1) is 12.7. The van der Waals surface area contributed by atoms with E-state index in [9.17, 15) is 0 Å². The first-order valence-electron chi connectivity index (χ1n) is 2.98. The lowest BCUT2D eigenvalue weighted by Gasteiger charge is -1.98. The van der Waals surface area contributed by atoms with Crippen molar-refractivity contribution in [2.24, 2.45) is 0 Å². The van der Waals surface area contributed by atoms with E-state index in [-0.39, 0.29) is 12.4 Å². The fraction of sp³-hybridized carbons (Fsp3) is 0.833. The fourth-order valence-electron chi connectivity index (χ4n) is 0.482. The van der Waals surface area contributed by atoms with Gasteiger partial charge in [0.1, 0.15) is 0 Å². The molecule has 2 nitrogen and oxygen atoms in total. The number of hydrogen-bond donors (Lipinski definition) is 1. The first-order valence-corrected chi connectivity index (χ1v) is 3.52. The van der Waals surface area contributed by atoms with E-state index in [1.54, 1.807) is 0 Å². The molecular formula is C6H13Cl2NO. The van der Waals surface area contributed by atoms with Crippen molar-refractivity contribution in [2.45, 2.75) is 19.3 Å². The average molecular weight is 186 g/mol. The van der Waals surface area contributed by atoms with E-state index in [1.165, 1.54) is 7.11 Å². The SMILES string of the molecule is COC(=N)CCCCCl.Cl. The molecule has 4 heteroatoms. The van der Waals surface area contributed by atoms with Crippen LogP contribution >= 0.6 is 24.0 Å². The summed E-state index contributed by atoms with van der Waals surface area (Å²) in [6.07, 6.45) is 2.63. The van der Waals surface area contributed by atoms with Crippen molar-refractivity contribution in [3.8, 4) is 0 Å². The maximum absolute atomic E-state index is 7.05. The minimum Gasteiger partial charge on any atom is -0.484 e. The Balaban J connectivity index is 0. The van der Waals surface area contributed by atoms with E-state index in [1.807, 2.05) is 0 Å². The Morgan fingerprint density at radius 1 is 1.50 bits per heavy atom. The van der Waals surface area contributed by atoms with Crippen molar-refractivity contribution in [1.82, 2.24) is 0 Å². The fourth-order valence-corrected chi connectivity index (χ4v) is 0.671. The Hall–Kier alpha value is 0.0500. The summed E-state index contributed by atoms with van der Waals surface area (Å²) in [7, 11) is 1.52. The molecule has 0 aliphatic rings. The Bertz CT molecular complexity index is 87.8. The van der Waals surface area contributed by atoms with Crippen LogP contribution in [0.2, 0.25) is 0 Å². The molecule has 0 heterocycles. The Morgan fingerprint density at radius 3 is 2.50 bits per heavy atom. The van der Waals surface area contributed by atoms with Gasteiger partial charge in [0, 0.05) is 12.3 Å². The smallest absolute Gasteiger partial charge is 0.180 e. The van der Waals surface area contributed by atoms with Crippen LogP contribution < -0.4 is 0 Å². The molecule has 0 unspecified atom stereocenters. The average Bonchev–Trinajstić information content (AvgIpc) is 1.89. The first-order chi connectivity index (χ1) is 4.31. The summed E-state index contributed by atoms with van der Waals surface area (Å²) in [5.74, 6) is 1.02. The molecule has 0 aromatic rings. The summed E-state index contributed by atoms with van der Waals surface area (Å²) < 4.78 is 4.64. The van der Waals surface area contributed by atoms with E-state index in [0.29, 0.717) is 18.2 Å². The van der Waals surface area contributed by atoms with Crippen LogP contribution in [-0.4, -0.2) is 18.9 Å². The highest BCUT2D eigenvalue weighted by Gasteiger charge is 1.92. The molecule has 0 bridgehead atoms. The van der Waals surface area contributed by atoms with Crippen LogP contribution in [0.4, 0.5) is 0 Å². The zero-order valence-electron chi connectivity index (χ0n) is 6.02. The predicted molar refractivity (Wildman–Crippen MR) is 46.6 cm³/mol. The lowest BCUT2D eigenvalue weighted by molar-refractivity contribution is 0.384. The van der Waals surface area contributed by atoms with Gasteiger partial charge in [-0.15, -0.1) is 24.0 Å². The monoisotopic (exact) mass is 185 g/mol. The van der Waals surface area contributed by atoms with Gasteiger partial charge in [0.2, 0.25) is 0 Å². The lowest BCUT2D eigenvalue weighted by atomic mass is 10.2. The molecule has 0 atom stereocenters. The van der Waals surface area contributed by atoms with Crippen molar-refractivity contribution >= 4 is 29.9 Å². The van der Waals surface area contributed by atoms with Crippen molar-refractivity contribution in [3.63, 3.8) is 0 Å². The summed E-state index contributed by atoms with van der Waals surface area (Å²) in [5.41, 5.74) is 0. The highest BCUT2D eigenvalue weighted by Crippen LogP contribution is 1.97. The van der Waals surface area contributed by atoms with Crippen LogP contribution in [0.3, 0.4) is 0 Å². The molecule has 0 saturated carbocycles. The van der Waals surface area contributed by atoms with Gasteiger partial charge in [-0.25, -0.2) is 0 Å². The van der Waals surface area contributed by atoms with Crippen LogP contribution in [-0.2, 0) is 4.74 Å². The second-order valence-electron chi connectivity index (χ2n) is 1.77. The van der Waals surface area contributed by atoms with Gasteiger partial charge in [0.05, 0.1) is 7.11 Å². The summed E-state index contributed by atoms with van der Waals surface area (Å²) in [5, 5.41) is 7.05. The summed E-state index contributed by atoms with van der Waals surface area (Å²) >= 11 is 5.42. The van der Waals surface area contributed by atoms with Gasteiger partial charge >= 0.3 is 0 Å². The number of ether oxygens (including phenoxy) is 1. The standard InChI is InChI=1S/C6H12ClNO.ClH/c1-9-6(8)4-2-3-5-7;/h8H,2-5H2,1H3;1H. The number of methoxy groups -OCH3 is 1. The zero-order valence-corrected chi connectivity index (χ0v) is 7.60. The molecule has 0 aromatic carbocycles. The molecule has 0 aliphatic carbocycles. The predicted octanol–water partition coefficient (Wildman–Crippen LogP) is 2.44. The third-order valence-corrected chi connectivity index (χ3v) is 1.30. The number of nitrogens with one attached hydrogen (secondary N) is 1. The second-order valence-corrected chi connectivity index (χ2v) is 2.15. The Kier molecular flexibility index (Phi) is 11.5. The third-order valence-electron chi connectivity index (χ3n) is 1.03. The van der Waals surface area contributed by atoms with E-state index in [4.69, 9.17) is 17.0 Å². The largest absolute Gasteiger partial charge is 0.484 e. The van der Waals surface area contributed by atoms with E-state index >= 15 is 0 Å². The molecule has 62 valence electrons. The highest BCUT2D eigenvalue weighted by atomic mass is 35.5. The van der Waals surface area contributed by atoms with Gasteiger partial charge in [-0.2, -0.15) is 0 Å². The lowest BCUT2D eigenvalue weighted by Crippen LogP contribution is -1.97. The Morgan fingerprint density at radius 2 is 2.10 bits per heavy atom. The molecule has 0 radical (unpaired) electrons. The number of rotatable bonds is 4. The normalized spacial score (nSPS) is 8.20. The van der Waals surface area contributed by atoms with Gasteiger partial charge in [-0.3, -0.25) is 5.41 Å². The maximum Gasteiger partial charge on any atom is 0.180 e. The summed E-state index contributed by atoms with van der Waals surface area (Å²) in [6, 6.07) is 0. The topological polar surface area (TPSA) is 33.1 Å². The van der Waals surface area contributed by atoms with Crippen LogP contribution in [0.15, 0.2) is 0 Å². The van der Waals surface area contributed by atoms with Gasteiger partial charge in [-0.1, -0.05) is 0 Å². The molecule has 10 heavy (non-hydrogen) atoms. The van der Waals surface area contributed by atoms with Gasteiger partial charge in [0.25, 0.3) is 0 Å². The number of halogens is 2. The van der Waals surface area contributed by atoms with Crippen LogP contribution in [0.5, 0.6) is 0 Å². The van der Waals surface area contributed by atoms with E-state index in [2.05, 4.69) is 4.74 Å². The minimum atomic E-state index is 0. The molecule has 0 rings (SSSR count). The summed E-state index contributed by atoms with van der Waals surface area (Å²) in [4.78, 5) is 0. The molecule has 0 amide bonds. The van der Waals surface area contributed by atoms with Gasteiger partial charge in [-0.05, 0) is 12.8 Å². The molecular weight excluding hydrogens is 173 g/mol.